The molecule has 0 aliphatic carbocycles. The summed E-state index contributed by atoms with van der Waals surface area (Å²) in [6.45, 7) is 12.2. The first-order valence-corrected chi connectivity index (χ1v) is 7.55. The van der Waals surface area contributed by atoms with Crippen LogP contribution in [-0.4, -0.2) is 34.7 Å². The van der Waals surface area contributed by atoms with Gasteiger partial charge in [-0.15, -0.1) is 0 Å². The Labute approximate surface area is 108 Å². The third kappa shape index (κ3) is 5.87. The van der Waals surface area contributed by atoms with Crippen molar-refractivity contribution in [1.82, 2.24) is 4.90 Å². The van der Waals surface area contributed by atoms with E-state index >= 15 is 0 Å². The molecule has 0 rings (SSSR count). The van der Waals surface area contributed by atoms with Crippen molar-refractivity contribution in [3.05, 3.63) is 0 Å². The predicted octanol–water partition coefficient (Wildman–Crippen LogP) is 3.83. The Bertz CT molecular complexity index is 172. The van der Waals surface area contributed by atoms with Crippen LogP contribution in [0.4, 0.5) is 0 Å². The molecule has 2 nitrogen and oxygen atoms in total. The summed E-state index contributed by atoms with van der Waals surface area (Å²) in [5, 5.41) is 10.3. The van der Waals surface area contributed by atoms with Crippen molar-refractivity contribution in [3.63, 3.8) is 0 Å². The Morgan fingerprint density at radius 1 is 1.00 bits per heavy atom. The van der Waals surface area contributed by atoms with Crippen molar-refractivity contribution in [2.24, 2.45) is 0 Å². The molecule has 0 heterocycles. The van der Waals surface area contributed by atoms with Crippen LogP contribution in [0.5, 0.6) is 0 Å². The minimum Gasteiger partial charge on any atom is -0.391 e. The summed E-state index contributed by atoms with van der Waals surface area (Å²) in [7, 11) is 0. The van der Waals surface area contributed by atoms with E-state index in [4.69, 9.17) is 0 Å². The van der Waals surface area contributed by atoms with Gasteiger partial charge in [0.1, 0.15) is 0 Å². The Hall–Kier alpha value is -0.0800. The monoisotopic (exact) mass is 243 g/mol. The zero-order chi connectivity index (χ0) is 13.3. The van der Waals surface area contributed by atoms with E-state index in [0.717, 1.165) is 25.8 Å². The van der Waals surface area contributed by atoms with Crippen LogP contribution in [0.15, 0.2) is 0 Å². The second kappa shape index (κ2) is 9.90. The number of hydrogen-bond acceptors (Lipinski definition) is 2. The predicted molar refractivity (Wildman–Crippen MR) is 76.4 cm³/mol. The standard InChI is InChI=1S/C15H33NO/c1-6-10-12-16(13(5)8-3)14(9-4)15(17)11-7-2/h13-15,17H,6-12H2,1-5H3. The summed E-state index contributed by atoms with van der Waals surface area (Å²) in [4.78, 5) is 2.53. The van der Waals surface area contributed by atoms with Crippen molar-refractivity contribution in [2.45, 2.75) is 91.3 Å². The molecule has 1 N–H and O–H groups in total. The molecule has 0 aromatic rings. The third-order valence-corrected chi connectivity index (χ3v) is 3.80. The summed E-state index contributed by atoms with van der Waals surface area (Å²) in [5.74, 6) is 0. The van der Waals surface area contributed by atoms with Gasteiger partial charge in [0.05, 0.1) is 6.10 Å². The topological polar surface area (TPSA) is 23.5 Å². The maximum atomic E-state index is 10.3. The van der Waals surface area contributed by atoms with Gasteiger partial charge in [-0.2, -0.15) is 0 Å². The molecule has 0 radical (unpaired) electrons. The summed E-state index contributed by atoms with van der Waals surface area (Å²) >= 11 is 0. The first kappa shape index (κ1) is 16.9. The van der Waals surface area contributed by atoms with E-state index in [0.29, 0.717) is 12.1 Å². The highest BCUT2D eigenvalue weighted by Gasteiger charge is 2.26. The molecule has 0 aromatic heterocycles. The van der Waals surface area contributed by atoms with Crippen LogP contribution in [0.1, 0.15) is 73.1 Å². The molecule has 104 valence electrons. The Kier molecular flexibility index (Phi) is 9.85. The average molecular weight is 243 g/mol. The van der Waals surface area contributed by atoms with Crippen LogP contribution < -0.4 is 0 Å². The molecule has 0 saturated carbocycles. The molecule has 0 aromatic carbocycles. The van der Waals surface area contributed by atoms with Gasteiger partial charge in [0.25, 0.3) is 0 Å². The lowest BCUT2D eigenvalue weighted by Crippen LogP contribution is -2.48. The van der Waals surface area contributed by atoms with Crippen molar-refractivity contribution in [2.75, 3.05) is 6.54 Å². The van der Waals surface area contributed by atoms with Crippen LogP contribution in [0.3, 0.4) is 0 Å². The van der Waals surface area contributed by atoms with E-state index in [2.05, 4.69) is 39.5 Å². The van der Waals surface area contributed by atoms with Crippen LogP contribution in [-0.2, 0) is 0 Å². The van der Waals surface area contributed by atoms with Gasteiger partial charge in [0.2, 0.25) is 0 Å². The van der Waals surface area contributed by atoms with E-state index in [9.17, 15) is 5.11 Å². The minimum absolute atomic E-state index is 0.157. The maximum Gasteiger partial charge on any atom is 0.0695 e. The van der Waals surface area contributed by atoms with Crippen molar-refractivity contribution in [3.8, 4) is 0 Å². The van der Waals surface area contributed by atoms with Gasteiger partial charge in [0.15, 0.2) is 0 Å². The minimum atomic E-state index is -0.157. The van der Waals surface area contributed by atoms with Gasteiger partial charge >= 0.3 is 0 Å². The number of hydrogen-bond donors (Lipinski definition) is 1. The number of unbranched alkanes of at least 4 members (excludes halogenated alkanes) is 1. The Balaban J connectivity index is 4.58. The average Bonchev–Trinajstić information content (AvgIpc) is 2.33. The highest BCUT2D eigenvalue weighted by Crippen LogP contribution is 2.18. The van der Waals surface area contributed by atoms with Crippen LogP contribution >= 0.6 is 0 Å². The van der Waals surface area contributed by atoms with Gasteiger partial charge in [-0.25, -0.2) is 0 Å². The summed E-state index contributed by atoms with van der Waals surface area (Å²) in [5.41, 5.74) is 0. The number of nitrogens with zero attached hydrogens (tertiary/aromatic N) is 1. The molecule has 0 amide bonds. The van der Waals surface area contributed by atoms with Gasteiger partial charge in [-0.3, -0.25) is 4.90 Å². The summed E-state index contributed by atoms with van der Waals surface area (Å²) in [6, 6.07) is 0.925. The van der Waals surface area contributed by atoms with Gasteiger partial charge < -0.3 is 5.11 Å². The third-order valence-electron chi connectivity index (χ3n) is 3.80. The highest BCUT2D eigenvalue weighted by molar-refractivity contribution is 4.81. The van der Waals surface area contributed by atoms with Crippen molar-refractivity contribution < 1.29 is 5.11 Å². The highest BCUT2D eigenvalue weighted by atomic mass is 16.3. The quantitative estimate of drug-likeness (QED) is 0.630. The molecule has 3 unspecified atom stereocenters. The van der Waals surface area contributed by atoms with Crippen molar-refractivity contribution >= 4 is 0 Å². The number of aliphatic hydroxyl groups is 1. The van der Waals surface area contributed by atoms with E-state index in [-0.39, 0.29) is 6.10 Å². The summed E-state index contributed by atoms with van der Waals surface area (Å²) < 4.78 is 0. The van der Waals surface area contributed by atoms with Gasteiger partial charge in [0, 0.05) is 12.1 Å². The molecule has 3 atom stereocenters. The fourth-order valence-electron chi connectivity index (χ4n) is 2.50. The normalized spacial score (nSPS) is 17.1. The zero-order valence-corrected chi connectivity index (χ0v) is 12.6. The van der Waals surface area contributed by atoms with Gasteiger partial charge in [-0.1, -0.05) is 40.5 Å². The lowest BCUT2D eigenvalue weighted by Gasteiger charge is -2.38. The molecule has 0 aliphatic rings. The second-order valence-corrected chi connectivity index (χ2v) is 5.18. The Morgan fingerprint density at radius 3 is 2.06 bits per heavy atom. The smallest absolute Gasteiger partial charge is 0.0695 e. The largest absolute Gasteiger partial charge is 0.391 e. The SMILES string of the molecule is CCCCN(C(C)CC)C(CC)C(O)CCC. The Morgan fingerprint density at radius 2 is 1.65 bits per heavy atom. The molecule has 2 heteroatoms. The fourth-order valence-corrected chi connectivity index (χ4v) is 2.50. The fraction of sp³-hybridized carbons (Fsp3) is 1.00. The lowest BCUT2D eigenvalue weighted by molar-refractivity contribution is 0.0186. The van der Waals surface area contributed by atoms with E-state index in [1.54, 1.807) is 0 Å². The molecule has 0 bridgehead atoms. The van der Waals surface area contributed by atoms with E-state index in [1.165, 1.54) is 19.3 Å². The van der Waals surface area contributed by atoms with E-state index < -0.39 is 0 Å². The van der Waals surface area contributed by atoms with Crippen LogP contribution in [0, 0.1) is 0 Å². The van der Waals surface area contributed by atoms with Crippen LogP contribution in [0.2, 0.25) is 0 Å². The maximum absolute atomic E-state index is 10.3. The van der Waals surface area contributed by atoms with Gasteiger partial charge in [-0.05, 0) is 39.2 Å². The lowest BCUT2D eigenvalue weighted by atomic mass is 9.99. The molecular formula is C15H33NO. The molecule has 0 saturated heterocycles. The second-order valence-electron chi connectivity index (χ2n) is 5.18. The molecule has 0 aliphatic heterocycles. The molecule has 0 spiro atoms. The number of rotatable bonds is 10. The molecular weight excluding hydrogens is 210 g/mol. The molecule has 0 fully saturated rings. The van der Waals surface area contributed by atoms with Crippen LogP contribution in [0.25, 0.3) is 0 Å². The first-order chi connectivity index (χ1) is 8.12. The molecule has 17 heavy (non-hydrogen) atoms. The number of aliphatic hydroxyl groups excluding tert-OH is 1. The van der Waals surface area contributed by atoms with Crippen molar-refractivity contribution in [1.29, 1.82) is 0 Å². The zero-order valence-electron chi connectivity index (χ0n) is 12.6. The summed E-state index contributed by atoms with van der Waals surface area (Å²) in [6.07, 6.45) is 6.52. The van der Waals surface area contributed by atoms with E-state index in [1.807, 2.05) is 0 Å². The first-order valence-electron chi connectivity index (χ1n) is 7.55.